The van der Waals surface area contributed by atoms with Gasteiger partial charge in [0.1, 0.15) is 17.1 Å². The monoisotopic (exact) mass is 261 g/mol. The first-order chi connectivity index (χ1) is 9.02. The van der Waals surface area contributed by atoms with Gasteiger partial charge in [-0.25, -0.2) is 0 Å². The fourth-order valence-electron chi connectivity index (χ4n) is 2.34. The van der Waals surface area contributed by atoms with Crippen LogP contribution in [0.25, 0.3) is 11.0 Å². The maximum absolute atomic E-state index is 6.01. The van der Waals surface area contributed by atoms with E-state index in [1.54, 1.807) is 7.11 Å². The fraction of sp³-hybridized carbons (Fsp3) is 0.500. The van der Waals surface area contributed by atoms with Gasteiger partial charge in [0.15, 0.2) is 0 Å². The number of methoxy groups -OCH3 is 1. The summed E-state index contributed by atoms with van der Waals surface area (Å²) in [5.74, 6) is 2.31. The molecule has 19 heavy (non-hydrogen) atoms. The van der Waals surface area contributed by atoms with Crippen LogP contribution in [0.1, 0.15) is 44.9 Å². The molecule has 0 atom stereocenters. The molecule has 0 spiro atoms. The van der Waals surface area contributed by atoms with E-state index in [1.807, 2.05) is 12.1 Å². The van der Waals surface area contributed by atoms with Gasteiger partial charge in [-0.2, -0.15) is 0 Å². The Hall–Kier alpha value is -1.48. The number of furan rings is 1. The molecule has 0 unspecified atom stereocenters. The van der Waals surface area contributed by atoms with Gasteiger partial charge >= 0.3 is 0 Å². The van der Waals surface area contributed by atoms with Crippen molar-refractivity contribution in [2.45, 2.75) is 46.2 Å². The van der Waals surface area contributed by atoms with Crippen LogP contribution in [-0.2, 0) is 6.54 Å². The molecular weight excluding hydrogens is 238 g/mol. The average molecular weight is 261 g/mol. The van der Waals surface area contributed by atoms with Gasteiger partial charge in [0, 0.05) is 23.1 Å². The third-order valence-corrected chi connectivity index (χ3v) is 3.26. The Bertz CT molecular complexity index is 555. The van der Waals surface area contributed by atoms with Gasteiger partial charge in [-0.15, -0.1) is 0 Å². The van der Waals surface area contributed by atoms with E-state index in [0.29, 0.717) is 12.0 Å². The van der Waals surface area contributed by atoms with Crippen molar-refractivity contribution < 1.29 is 9.15 Å². The number of benzene rings is 1. The summed E-state index contributed by atoms with van der Waals surface area (Å²) in [5, 5.41) is 4.61. The molecule has 3 nitrogen and oxygen atoms in total. The minimum absolute atomic E-state index is 0.443. The average Bonchev–Trinajstić information content (AvgIpc) is 2.73. The quantitative estimate of drug-likeness (QED) is 0.881. The number of rotatable bonds is 5. The molecule has 0 aliphatic heterocycles. The lowest BCUT2D eigenvalue weighted by Gasteiger charge is -2.09. The number of ether oxygens (including phenoxy) is 1. The summed E-state index contributed by atoms with van der Waals surface area (Å²) >= 11 is 0. The summed E-state index contributed by atoms with van der Waals surface area (Å²) in [7, 11) is 1.68. The van der Waals surface area contributed by atoms with Crippen LogP contribution < -0.4 is 10.1 Å². The molecule has 0 saturated heterocycles. The predicted octanol–water partition coefficient (Wildman–Crippen LogP) is 4.06. The second-order valence-corrected chi connectivity index (χ2v) is 5.49. The van der Waals surface area contributed by atoms with Gasteiger partial charge in [-0.3, -0.25) is 0 Å². The van der Waals surface area contributed by atoms with E-state index in [1.165, 1.54) is 10.9 Å². The van der Waals surface area contributed by atoms with Crippen molar-refractivity contribution in [1.29, 1.82) is 0 Å². The molecule has 0 fully saturated rings. The Morgan fingerprint density at radius 1 is 1.21 bits per heavy atom. The van der Waals surface area contributed by atoms with Crippen LogP contribution in [-0.4, -0.2) is 13.2 Å². The molecule has 3 heteroatoms. The van der Waals surface area contributed by atoms with Crippen LogP contribution in [0.3, 0.4) is 0 Å². The van der Waals surface area contributed by atoms with Gasteiger partial charge in [0.25, 0.3) is 0 Å². The highest BCUT2D eigenvalue weighted by atomic mass is 16.5. The highest BCUT2D eigenvalue weighted by Gasteiger charge is 2.17. The van der Waals surface area contributed by atoms with Gasteiger partial charge in [0.05, 0.1) is 13.7 Å². The number of nitrogens with one attached hydrogen (secondary N) is 1. The highest BCUT2D eigenvalue weighted by Crippen LogP contribution is 2.33. The van der Waals surface area contributed by atoms with Crippen molar-refractivity contribution in [2.24, 2.45) is 0 Å². The van der Waals surface area contributed by atoms with Crippen molar-refractivity contribution in [1.82, 2.24) is 5.32 Å². The predicted molar refractivity (Wildman–Crippen MR) is 78.8 cm³/mol. The number of fused-ring (bicyclic) bond motifs is 1. The summed E-state index contributed by atoms with van der Waals surface area (Å²) in [4.78, 5) is 0. The molecule has 0 aliphatic rings. The van der Waals surface area contributed by atoms with Gasteiger partial charge in [0.2, 0.25) is 0 Å². The van der Waals surface area contributed by atoms with E-state index in [2.05, 4.69) is 39.1 Å². The smallest absolute Gasteiger partial charge is 0.138 e. The number of hydrogen-bond acceptors (Lipinski definition) is 3. The van der Waals surface area contributed by atoms with Crippen molar-refractivity contribution in [3.8, 4) is 5.75 Å². The normalized spacial score (nSPS) is 11.7. The lowest BCUT2D eigenvalue weighted by molar-refractivity contribution is 0.414. The zero-order valence-electron chi connectivity index (χ0n) is 12.4. The SMILES string of the molecule is COc1ccc2c(C(C)C)c(CNC(C)C)oc2c1. The number of hydrogen-bond donors (Lipinski definition) is 1. The van der Waals surface area contributed by atoms with Crippen LogP contribution in [0.4, 0.5) is 0 Å². The molecule has 0 saturated carbocycles. The molecule has 1 heterocycles. The summed E-state index contributed by atoms with van der Waals surface area (Å²) in [5.41, 5.74) is 2.20. The lowest BCUT2D eigenvalue weighted by atomic mass is 9.99. The molecule has 0 bridgehead atoms. The minimum atomic E-state index is 0.443. The van der Waals surface area contributed by atoms with E-state index >= 15 is 0 Å². The van der Waals surface area contributed by atoms with Crippen molar-refractivity contribution in [3.05, 3.63) is 29.5 Å². The highest BCUT2D eigenvalue weighted by molar-refractivity contribution is 5.84. The molecule has 0 aliphatic carbocycles. The van der Waals surface area contributed by atoms with Crippen LogP contribution in [0, 0.1) is 0 Å². The van der Waals surface area contributed by atoms with Crippen molar-refractivity contribution in [3.63, 3.8) is 0 Å². The molecule has 2 aromatic rings. The first kappa shape index (κ1) is 13.9. The molecule has 104 valence electrons. The Balaban J connectivity index is 2.46. The van der Waals surface area contributed by atoms with Gasteiger partial charge in [-0.1, -0.05) is 27.7 Å². The van der Waals surface area contributed by atoms with Crippen molar-refractivity contribution in [2.75, 3.05) is 7.11 Å². The van der Waals surface area contributed by atoms with Crippen LogP contribution in [0.15, 0.2) is 22.6 Å². The Kier molecular flexibility index (Phi) is 4.15. The topological polar surface area (TPSA) is 34.4 Å². The molecule has 2 rings (SSSR count). The molecular formula is C16H23NO2. The maximum atomic E-state index is 6.01. The van der Waals surface area contributed by atoms with Crippen LogP contribution >= 0.6 is 0 Å². The third kappa shape index (κ3) is 2.92. The second-order valence-electron chi connectivity index (χ2n) is 5.49. The maximum Gasteiger partial charge on any atom is 0.138 e. The summed E-state index contributed by atoms with van der Waals surface area (Å²) in [6.07, 6.45) is 0. The van der Waals surface area contributed by atoms with E-state index in [-0.39, 0.29) is 0 Å². The summed E-state index contributed by atoms with van der Waals surface area (Å²) in [6.45, 7) is 9.45. The third-order valence-electron chi connectivity index (χ3n) is 3.26. The minimum Gasteiger partial charge on any atom is -0.497 e. The molecule has 1 aromatic carbocycles. The van der Waals surface area contributed by atoms with E-state index in [9.17, 15) is 0 Å². The fourth-order valence-corrected chi connectivity index (χ4v) is 2.34. The summed E-state index contributed by atoms with van der Waals surface area (Å²) in [6, 6.07) is 6.48. The first-order valence-electron chi connectivity index (χ1n) is 6.85. The zero-order chi connectivity index (χ0) is 14.0. The second kappa shape index (κ2) is 5.66. The molecule has 0 amide bonds. The molecule has 0 radical (unpaired) electrons. The van der Waals surface area contributed by atoms with Gasteiger partial charge < -0.3 is 14.5 Å². The standard InChI is InChI=1S/C16H23NO2/c1-10(2)16-13-7-6-12(18-5)8-14(13)19-15(16)9-17-11(3)4/h6-8,10-11,17H,9H2,1-5H3. The van der Waals surface area contributed by atoms with Crippen molar-refractivity contribution >= 4 is 11.0 Å². The Morgan fingerprint density at radius 3 is 2.53 bits per heavy atom. The molecule has 1 N–H and O–H groups in total. The Morgan fingerprint density at radius 2 is 1.95 bits per heavy atom. The summed E-state index contributed by atoms with van der Waals surface area (Å²) < 4.78 is 11.3. The van der Waals surface area contributed by atoms with Crippen LogP contribution in [0.5, 0.6) is 5.75 Å². The van der Waals surface area contributed by atoms with E-state index in [0.717, 1.165) is 23.6 Å². The van der Waals surface area contributed by atoms with Gasteiger partial charge in [-0.05, 0) is 18.1 Å². The zero-order valence-corrected chi connectivity index (χ0v) is 12.4. The largest absolute Gasteiger partial charge is 0.497 e. The van der Waals surface area contributed by atoms with Crippen LogP contribution in [0.2, 0.25) is 0 Å². The molecule has 1 aromatic heterocycles. The Labute approximate surface area is 114 Å². The first-order valence-corrected chi connectivity index (χ1v) is 6.85. The lowest BCUT2D eigenvalue weighted by Crippen LogP contribution is -2.22. The van der Waals surface area contributed by atoms with E-state index < -0.39 is 0 Å². The van der Waals surface area contributed by atoms with E-state index in [4.69, 9.17) is 9.15 Å².